The SMILES string of the molecule is COC1CCN(C(=O)C(F)F)C1. The average molecular weight is 179 g/mol. The zero-order valence-corrected chi connectivity index (χ0v) is 6.80. The maximum absolute atomic E-state index is 11.9. The minimum Gasteiger partial charge on any atom is -0.380 e. The summed E-state index contributed by atoms with van der Waals surface area (Å²) < 4.78 is 28.7. The number of nitrogens with zero attached hydrogens (tertiary/aromatic N) is 1. The molecule has 1 saturated heterocycles. The summed E-state index contributed by atoms with van der Waals surface area (Å²) in [5, 5.41) is 0. The lowest BCUT2D eigenvalue weighted by atomic mass is 10.3. The first-order valence-corrected chi connectivity index (χ1v) is 3.75. The van der Waals surface area contributed by atoms with Gasteiger partial charge in [0.05, 0.1) is 6.10 Å². The minimum absolute atomic E-state index is 0.0762. The number of carbonyl (C=O) groups excluding carboxylic acids is 1. The molecule has 0 aliphatic carbocycles. The van der Waals surface area contributed by atoms with Crippen LogP contribution < -0.4 is 0 Å². The molecular formula is C7H11F2NO2. The van der Waals surface area contributed by atoms with Gasteiger partial charge in [-0.1, -0.05) is 0 Å². The summed E-state index contributed by atoms with van der Waals surface area (Å²) in [6.07, 6.45) is -2.32. The van der Waals surface area contributed by atoms with Gasteiger partial charge >= 0.3 is 6.43 Å². The lowest BCUT2D eigenvalue weighted by Gasteiger charge is -2.14. The van der Waals surface area contributed by atoms with Gasteiger partial charge in [0.1, 0.15) is 0 Å². The Bertz CT molecular complexity index is 175. The molecule has 70 valence electrons. The third-order valence-corrected chi connectivity index (χ3v) is 1.98. The molecule has 1 aliphatic heterocycles. The zero-order chi connectivity index (χ0) is 9.14. The Kier molecular flexibility index (Phi) is 2.97. The highest BCUT2D eigenvalue weighted by atomic mass is 19.3. The van der Waals surface area contributed by atoms with Crippen LogP contribution in [0.5, 0.6) is 0 Å². The molecule has 1 rings (SSSR count). The molecule has 0 aromatic carbocycles. The van der Waals surface area contributed by atoms with E-state index in [0.29, 0.717) is 19.5 Å². The van der Waals surface area contributed by atoms with Crippen molar-refractivity contribution in [3.8, 4) is 0 Å². The number of rotatable bonds is 2. The predicted molar refractivity (Wildman–Crippen MR) is 38.0 cm³/mol. The van der Waals surface area contributed by atoms with Gasteiger partial charge < -0.3 is 9.64 Å². The minimum atomic E-state index is -2.89. The fourth-order valence-electron chi connectivity index (χ4n) is 1.26. The summed E-state index contributed by atoms with van der Waals surface area (Å²) in [6.45, 7) is 0.668. The number of hydrogen-bond donors (Lipinski definition) is 0. The molecule has 3 nitrogen and oxygen atoms in total. The Morgan fingerprint density at radius 2 is 2.33 bits per heavy atom. The predicted octanol–water partition coefficient (Wildman–Crippen LogP) is 0.499. The zero-order valence-electron chi connectivity index (χ0n) is 6.80. The van der Waals surface area contributed by atoms with Gasteiger partial charge in [-0.05, 0) is 6.42 Å². The van der Waals surface area contributed by atoms with Gasteiger partial charge in [-0.25, -0.2) is 0 Å². The maximum atomic E-state index is 11.9. The Labute approximate surface area is 69.3 Å². The summed E-state index contributed by atoms with van der Waals surface area (Å²) in [5.74, 6) is -1.09. The van der Waals surface area contributed by atoms with Gasteiger partial charge in [-0.2, -0.15) is 8.78 Å². The lowest BCUT2D eigenvalue weighted by molar-refractivity contribution is -0.142. The van der Waals surface area contributed by atoms with E-state index in [9.17, 15) is 13.6 Å². The van der Waals surface area contributed by atoms with Crippen molar-refractivity contribution in [3.05, 3.63) is 0 Å². The molecule has 0 radical (unpaired) electrons. The standard InChI is InChI=1S/C7H11F2NO2/c1-12-5-2-3-10(4-5)7(11)6(8)9/h5-6H,2-4H2,1H3. The third-order valence-electron chi connectivity index (χ3n) is 1.98. The topological polar surface area (TPSA) is 29.5 Å². The number of hydrogen-bond acceptors (Lipinski definition) is 2. The monoisotopic (exact) mass is 179 g/mol. The summed E-state index contributed by atoms with van der Waals surface area (Å²) in [5.41, 5.74) is 0. The van der Waals surface area contributed by atoms with E-state index in [1.54, 1.807) is 0 Å². The second kappa shape index (κ2) is 3.80. The van der Waals surface area contributed by atoms with Crippen molar-refractivity contribution in [2.75, 3.05) is 20.2 Å². The van der Waals surface area contributed by atoms with Gasteiger partial charge in [-0.15, -0.1) is 0 Å². The van der Waals surface area contributed by atoms with Crippen LogP contribution in [0.2, 0.25) is 0 Å². The van der Waals surface area contributed by atoms with Crippen LogP contribution in [0, 0.1) is 0 Å². The first kappa shape index (κ1) is 9.38. The summed E-state index contributed by atoms with van der Waals surface area (Å²) in [4.78, 5) is 11.9. The molecule has 0 spiro atoms. The summed E-state index contributed by atoms with van der Waals surface area (Å²) in [7, 11) is 1.51. The Balaban J connectivity index is 2.41. The molecule has 0 saturated carbocycles. The molecule has 1 unspecified atom stereocenters. The van der Waals surface area contributed by atoms with Crippen molar-refractivity contribution in [2.24, 2.45) is 0 Å². The van der Waals surface area contributed by atoms with E-state index in [1.807, 2.05) is 0 Å². The number of carbonyl (C=O) groups is 1. The number of alkyl halides is 2. The molecule has 1 amide bonds. The van der Waals surface area contributed by atoms with Crippen LogP contribution in [0.15, 0.2) is 0 Å². The molecule has 0 N–H and O–H groups in total. The summed E-state index contributed by atoms with van der Waals surface area (Å²) in [6, 6.07) is 0. The largest absolute Gasteiger partial charge is 0.380 e. The normalized spacial score (nSPS) is 23.7. The first-order chi connectivity index (χ1) is 5.65. The highest BCUT2D eigenvalue weighted by Gasteiger charge is 2.30. The van der Waals surface area contributed by atoms with Crippen molar-refractivity contribution < 1.29 is 18.3 Å². The number of ether oxygens (including phenoxy) is 1. The molecule has 0 aromatic rings. The van der Waals surface area contributed by atoms with E-state index in [0.717, 1.165) is 4.90 Å². The maximum Gasteiger partial charge on any atom is 0.315 e. The number of halogens is 2. The van der Waals surface area contributed by atoms with Crippen LogP contribution in [0.4, 0.5) is 8.78 Å². The van der Waals surface area contributed by atoms with Crippen LogP contribution in [0.1, 0.15) is 6.42 Å². The van der Waals surface area contributed by atoms with E-state index in [2.05, 4.69) is 0 Å². The Hall–Kier alpha value is -0.710. The van der Waals surface area contributed by atoms with Gasteiger partial charge in [0.15, 0.2) is 0 Å². The highest BCUT2D eigenvalue weighted by molar-refractivity contribution is 5.79. The first-order valence-electron chi connectivity index (χ1n) is 3.75. The van der Waals surface area contributed by atoms with Crippen molar-refractivity contribution in [3.63, 3.8) is 0 Å². The number of amides is 1. The fraction of sp³-hybridized carbons (Fsp3) is 0.857. The molecule has 12 heavy (non-hydrogen) atoms. The smallest absolute Gasteiger partial charge is 0.315 e. The molecule has 0 aromatic heterocycles. The molecular weight excluding hydrogens is 168 g/mol. The van der Waals surface area contributed by atoms with Crippen LogP contribution >= 0.6 is 0 Å². The van der Waals surface area contributed by atoms with E-state index in [4.69, 9.17) is 4.74 Å². The molecule has 0 bridgehead atoms. The molecule has 1 fully saturated rings. The van der Waals surface area contributed by atoms with E-state index < -0.39 is 12.3 Å². The molecule has 5 heteroatoms. The van der Waals surface area contributed by atoms with E-state index >= 15 is 0 Å². The second-order valence-corrected chi connectivity index (χ2v) is 2.73. The highest BCUT2D eigenvalue weighted by Crippen LogP contribution is 2.13. The summed E-state index contributed by atoms with van der Waals surface area (Å²) >= 11 is 0. The van der Waals surface area contributed by atoms with E-state index in [1.165, 1.54) is 7.11 Å². The van der Waals surface area contributed by atoms with E-state index in [-0.39, 0.29) is 6.10 Å². The van der Waals surface area contributed by atoms with Crippen molar-refractivity contribution in [2.45, 2.75) is 19.0 Å². The van der Waals surface area contributed by atoms with Crippen LogP contribution in [-0.2, 0) is 9.53 Å². The van der Waals surface area contributed by atoms with Gasteiger partial charge in [0, 0.05) is 20.2 Å². The quantitative estimate of drug-likeness (QED) is 0.617. The Morgan fingerprint density at radius 3 is 2.75 bits per heavy atom. The third kappa shape index (κ3) is 1.91. The van der Waals surface area contributed by atoms with Crippen molar-refractivity contribution >= 4 is 5.91 Å². The fourth-order valence-corrected chi connectivity index (χ4v) is 1.26. The molecule has 1 atom stereocenters. The van der Waals surface area contributed by atoms with Gasteiger partial charge in [0.2, 0.25) is 0 Å². The number of likely N-dealkylation sites (tertiary alicyclic amines) is 1. The van der Waals surface area contributed by atoms with Crippen LogP contribution in [0.3, 0.4) is 0 Å². The average Bonchev–Trinajstić information content (AvgIpc) is 2.50. The van der Waals surface area contributed by atoms with Crippen molar-refractivity contribution in [1.82, 2.24) is 4.90 Å². The Morgan fingerprint density at radius 1 is 1.67 bits per heavy atom. The van der Waals surface area contributed by atoms with Crippen molar-refractivity contribution in [1.29, 1.82) is 0 Å². The van der Waals surface area contributed by atoms with Crippen LogP contribution in [-0.4, -0.2) is 43.5 Å². The van der Waals surface area contributed by atoms with Crippen LogP contribution in [0.25, 0.3) is 0 Å². The van der Waals surface area contributed by atoms with Gasteiger partial charge in [-0.3, -0.25) is 4.79 Å². The second-order valence-electron chi connectivity index (χ2n) is 2.73. The lowest BCUT2D eigenvalue weighted by Crippen LogP contribution is -2.34. The molecule has 1 heterocycles. The molecule has 1 aliphatic rings. The van der Waals surface area contributed by atoms with Gasteiger partial charge in [0.25, 0.3) is 5.91 Å². The number of methoxy groups -OCH3 is 1.